The minimum Gasteiger partial charge on any atom is -0.290 e. The van der Waals surface area contributed by atoms with Gasteiger partial charge in [0, 0.05) is 11.3 Å². The molecule has 0 bridgehead atoms. The third-order valence-corrected chi connectivity index (χ3v) is 1.71. The van der Waals surface area contributed by atoms with Gasteiger partial charge in [0.15, 0.2) is 0 Å². The van der Waals surface area contributed by atoms with Crippen LogP contribution in [0.15, 0.2) is 30.3 Å². The molecule has 0 heterocycles. The fraction of sp³-hybridized carbons (Fsp3) is 0.111. The van der Waals surface area contributed by atoms with Gasteiger partial charge in [0.1, 0.15) is 0 Å². The van der Waals surface area contributed by atoms with Gasteiger partial charge in [-0.1, -0.05) is 42.5 Å². The van der Waals surface area contributed by atoms with Crippen molar-refractivity contribution in [1.29, 1.82) is 0 Å². The van der Waals surface area contributed by atoms with E-state index in [-0.39, 0.29) is 6.42 Å². The molecule has 0 unspecified atom stereocenters. The molecular weight excluding hydrogens is 156 g/mol. The Morgan fingerprint density at radius 2 is 2.00 bits per heavy atom. The Morgan fingerprint density at radius 1 is 1.36 bits per heavy atom. The zero-order valence-corrected chi connectivity index (χ0v) is 6.73. The Bertz CT molecular complexity index is 254. The van der Waals surface area contributed by atoms with Crippen LogP contribution in [0.25, 0.3) is 0 Å². The van der Waals surface area contributed by atoms with E-state index in [1.165, 1.54) is 0 Å². The summed E-state index contributed by atoms with van der Waals surface area (Å²) in [7, 11) is 0. The molecule has 0 N–H and O–H groups in total. The van der Waals surface area contributed by atoms with E-state index in [9.17, 15) is 4.79 Å². The van der Waals surface area contributed by atoms with Gasteiger partial charge in [-0.05, 0) is 5.56 Å². The molecule has 1 radical (unpaired) electrons. The van der Waals surface area contributed by atoms with Crippen molar-refractivity contribution in [2.24, 2.45) is 0 Å². The Kier molecular flexibility index (Phi) is 2.93. The highest BCUT2D eigenvalue weighted by atomic mass is 32.1. The monoisotopic (exact) mass is 163 g/mol. The summed E-state index contributed by atoms with van der Waals surface area (Å²) in [5.74, 6) is 0. The van der Waals surface area contributed by atoms with Crippen LogP contribution in [0.3, 0.4) is 0 Å². The van der Waals surface area contributed by atoms with Crippen molar-refractivity contribution in [2.45, 2.75) is 6.42 Å². The summed E-state index contributed by atoms with van der Waals surface area (Å²) < 4.78 is 0. The van der Waals surface area contributed by atoms with Gasteiger partial charge in [-0.25, -0.2) is 0 Å². The molecule has 0 saturated carbocycles. The van der Waals surface area contributed by atoms with Crippen LogP contribution in [0, 0.1) is 0 Å². The zero-order valence-electron chi connectivity index (χ0n) is 5.91. The van der Waals surface area contributed by atoms with Gasteiger partial charge >= 0.3 is 0 Å². The second-order valence-corrected chi connectivity index (χ2v) is 2.60. The first-order valence-corrected chi connectivity index (χ1v) is 3.68. The van der Waals surface area contributed by atoms with Crippen molar-refractivity contribution >= 4 is 23.4 Å². The molecule has 55 valence electrons. The van der Waals surface area contributed by atoms with Crippen LogP contribution >= 0.6 is 12.2 Å². The molecule has 1 aromatic rings. The van der Waals surface area contributed by atoms with Crippen molar-refractivity contribution in [3.63, 3.8) is 0 Å². The van der Waals surface area contributed by atoms with Gasteiger partial charge < -0.3 is 0 Å². The molecule has 0 saturated heterocycles. The highest BCUT2D eigenvalue weighted by molar-refractivity contribution is 7.80. The third kappa shape index (κ3) is 2.24. The van der Waals surface area contributed by atoms with Crippen molar-refractivity contribution in [2.75, 3.05) is 0 Å². The predicted octanol–water partition coefficient (Wildman–Crippen LogP) is 1.90. The lowest BCUT2D eigenvalue weighted by molar-refractivity contribution is 0.557. The van der Waals surface area contributed by atoms with Crippen molar-refractivity contribution < 1.29 is 4.79 Å². The molecule has 0 spiro atoms. The number of hydrogen-bond donors (Lipinski definition) is 0. The Balaban J connectivity index is 2.77. The summed E-state index contributed by atoms with van der Waals surface area (Å²) >= 11 is 4.96. The lowest BCUT2D eigenvalue weighted by Crippen LogP contribution is -1.96. The quantitative estimate of drug-likeness (QED) is 0.500. The first-order valence-electron chi connectivity index (χ1n) is 3.28. The van der Waals surface area contributed by atoms with E-state index < -0.39 is 0 Å². The van der Waals surface area contributed by atoms with Crippen LogP contribution in [-0.2, 0) is 4.79 Å². The average molecular weight is 163 g/mol. The molecule has 0 atom stereocenters. The molecule has 0 aromatic heterocycles. The lowest BCUT2D eigenvalue weighted by atomic mass is 10.1. The zero-order chi connectivity index (χ0) is 8.10. The standard InChI is InChI=1S/C9H7OS/c10-7-6-9(11)8-4-2-1-3-5-8/h1-5H,6H2. The van der Waals surface area contributed by atoms with Crippen LogP contribution in [0.4, 0.5) is 0 Å². The summed E-state index contributed by atoms with van der Waals surface area (Å²) in [5, 5.41) is 0. The maximum atomic E-state index is 9.98. The first-order chi connectivity index (χ1) is 5.34. The van der Waals surface area contributed by atoms with E-state index in [0.717, 1.165) is 5.56 Å². The van der Waals surface area contributed by atoms with Gasteiger partial charge in [0.25, 0.3) is 0 Å². The highest BCUT2D eigenvalue weighted by Gasteiger charge is 1.97. The maximum Gasteiger partial charge on any atom is 0.204 e. The molecule has 0 aliphatic carbocycles. The number of thiocarbonyl (C=S) groups is 1. The smallest absolute Gasteiger partial charge is 0.204 e. The van der Waals surface area contributed by atoms with E-state index in [1.54, 1.807) is 6.29 Å². The molecule has 0 aliphatic heterocycles. The second-order valence-electron chi connectivity index (χ2n) is 2.11. The molecule has 0 fully saturated rings. The summed E-state index contributed by atoms with van der Waals surface area (Å²) in [4.78, 5) is 10.6. The van der Waals surface area contributed by atoms with Gasteiger partial charge in [0.05, 0.1) is 0 Å². The molecule has 11 heavy (non-hydrogen) atoms. The summed E-state index contributed by atoms with van der Waals surface area (Å²) in [6.45, 7) is 0. The van der Waals surface area contributed by atoms with Crippen LogP contribution in [0.5, 0.6) is 0 Å². The van der Waals surface area contributed by atoms with Crippen LogP contribution < -0.4 is 0 Å². The minimum atomic E-state index is 0.222. The SMILES string of the molecule is O=[C]CC(=S)c1ccccc1. The molecule has 2 heteroatoms. The molecular formula is C9H7OS. The van der Waals surface area contributed by atoms with Crippen LogP contribution in [0.2, 0.25) is 0 Å². The van der Waals surface area contributed by atoms with Gasteiger partial charge in [0.2, 0.25) is 6.29 Å². The fourth-order valence-corrected chi connectivity index (χ4v) is 0.987. The van der Waals surface area contributed by atoms with Crippen LogP contribution in [-0.4, -0.2) is 11.2 Å². The van der Waals surface area contributed by atoms with E-state index in [0.29, 0.717) is 4.86 Å². The largest absolute Gasteiger partial charge is 0.290 e. The molecule has 0 aliphatic rings. The van der Waals surface area contributed by atoms with Gasteiger partial charge in [-0.3, -0.25) is 4.79 Å². The summed E-state index contributed by atoms with van der Waals surface area (Å²) in [5.41, 5.74) is 0.936. The molecule has 1 nitrogen and oxygen atoms in total. The fourth-order valence-electron chi connectivity index (χ4n) is 0.792. The molecule has 0 amide bonds. The lowest BCUT2D eigenvalue weighted by Gasteiger charge is -1.96. The number of hydrogen-bond acceptors (Lipinski definition) is 2. The Morgan fingerprint density at radius 3 is 2.55 bits per heavy atom. The van der Waals surface area contributed by atoms with E-state index >= 15 is 0 Å². The summed E-state index contributed by atoms with van der Waals surface area (Å²) in [6.07, 6.45) is 2.00. The number of carbonyl (C=O) groups excluding carboxylic acids is 1. The topological polar surface area (TPSA) is 17.1 Å². The highest BCUT2D eigenvalue weighted by Crippen LogP contribution is 2.02. The Hall–Kier alpha value is -1.02. The minimum absolute atomic E-state index is 0.222. The van der Waals surface area contributed by atoms with E-state index in [1.807, 2.05) is 30.3 Å². The second kappa shape index (κ2) is 3.98. The third-order valence-electron chi connectivity index (χ3n) is 1.33. The van der Waals surface area contributed by atoms with Crippen molar-refractivity contribution in [3.05, 3.63) is 35.9 Å². The summed E-state index contributed by atoms with van der Waals surface area (Å²) in [6, 6.07) is 9.48. The van der Waals surface area contributed by atoms with Gasteiger partial charge in [-0.15, -0.1) is 0 Å². The van der Waals surface area contributed by atoms with Crippen molar-refractivity contribution in [1.82, 2.24) is 0 Å². The predicted molar refractivity (Wildman–Crippen MR) is 48.5 cm³/mol. The molecule has 1 aromatic carbocycles. The normalized spacial score (nSPS) is 9.09. The van der Waals surface area contributed by atoms with E-state index in [4.69, 9.17) is 12.2 Å². The average Bonchev–Trinajstić information content (AvgIpc) is 2.07. The number of rotatable bonds is 3. The van der Waals surface area contributed by atoms with E-state index in [2.05, 4.69) is 0 Å². The van der Waals surface area contributed by atoms with Crippen LogP contribution in [0.1, 0.15) is 12.0 Å². The van der Waals surface area contributed by atoms with Gasteiger partial charge in [-0.2, -0.15) is 0 Å². The number of benzene rings is 1. The first kappa shape index (κ1) is 8.08. The molecule has 1 rings (SSSR count). The maximum absolute atomic E-state index is 9.98. The Labute approximate surface area is 71.0 Å². The van der Waals surface area contributed by atoms with Crippen molar-refractivity contribution in [3.8, 4) is 0 Å².